The highest BCUT2D eigenvalue weighted by Crippen LogP contribution is 2.40. The normalized spacial score (nSPS) is 16.4. The summed E-state index contributed by atoms with van der Waals surface area (Å²) >= 11 is 0. The number of nitrogens with one attached hydrogen (secondary N) is 1. The van der Waals surface area contributed by atoms with Crippen molar-refractivity contribution in [1.29, 1.82) is 0 Å². The SMILES string of the molecule is Cc1ccc2[nH]c3c(c2c1)CCN(c1ncccn1)C3c1ccc(C(C)C)cc1. The Hall–Kier alpha value is -3.14. The first kappa shape index (κ1) is 17.9. The summed E-state index contributed by atoms with van der Waals surface area (Å²) in [5, 5.41) is 1.34. The highest BCUT2D eigenvalue weighted by molar-refractivity contribution is 5.86. The van der Waals surface area contributed by atoms with Crippen LogP contribution < -0.4 is 4.90 Å². The third-order valence-corrected chi connectivity index (χ3v) is 6.01. The van der Waals surface area contributed by atoms with Gasteiger partial charge in [-0.3, -0.25) is 0 Å². The molecule has 0 bridgehead atoms. The molecular weight excluding hydrogens is 356 g/mol. The molecule has 3 heterocycles. The van der Waals surface area contributed by atoms with Gasteiger partial charge < -0.3 is 9.88 Å². The van der Waals surface area contributed by atoms with E-state index in [0.29, 0.717) is 5.92 Å². The Bertz CT molecular complexity index is 1140. The van der Waals surface area contributed by atoms with Gasteiger partial charge in [0.2, 0.25) is 5.95 Å². The number of aromatic amines is 1. The van der Waals surface area contributed by atoms with Crippen molar-refractivity contribution in [2.24, 2.45) is 0 Å². The molecule has 4 aromatic rings. The van der Waals surface area contributed by atoms with Crippen LogP contribution in [0.3, 0.4) is 0 Å². The molecule has 0 radical (unpaired) electrons. The number of H-pyrrole nitrogens is 1. The van der Waals surface area contributed by atoms with Crippen LogP contribution in [0.1, 0.15) is 53.8 Å². The van der Waals surface area contributed by atoms with E-state index in [2.05, 4.69) is 83.1 Å². The monoisotopic (exact) mass is 382 g/mol. The van der Waals surface area contributed by atoms with Gasteiger partial charge >= 0.3 is 0 Å². The zero-order valence-electron chi connectivity index (χ0n) is 17.2. The van der Waals surface area contributed by atoms with E-state index in [1.54, 1.807) is 0 Å². The van der Waals surface area contributed by atoms with Crippen molar-refractivity contribution in [2.45, 2.75) is 39.2 Å². The van der Waals surface area contributed by atoms with Crippen LogP contribution in [-0.4, -0.2) is 21.5 Å². The van der Waals surface area contributed by atoms with Crippen LogP contribution in [0.15, 0.2) is 60.9 Å². The minimum Gasteiger partial charge on any atom is -0.356 e. The molecule has 4 nitrogen and oxygen atoms in total. The number of fused-ring (bicyclic) bond motifs is 3. The maximum absolute atomic E-state index is 4.57. The van der Waals surface area contributed by atoms with Crippen molar-refractivity contribution < 1.29 is 0 Å². The van der Waals surface area contributed by atoms with Crippen LogP contribution >= 0.6 is 0 Å². The van der Waals surface area contributed by atoms with E-state index in [4.69, 9.17) is 0 Å². The minimum atomic E-state index is 0.0788. The Kier molecular flexibility index (Phi) is 4.35. The molecule has 0 fully saturated rings. The van der Waals surface area contributed by atoms with Crippen molar-refractivity contribution in [3.63, 3.8) is 0 Å². The number of nitrogens with zero attached hydrogens (tertiary/aromatic N) is 3. The van der Waals surface area contributed by atoms with Gasteiger partial charge in [0.25, 0.3) is 0 Å². The molecule has 0 amide bonds. The number of aromatic nitrogens is 3. The average Bonchev–Trinajstić information content (AvgIpc) is 3.11. The number of aryl methyl sites for hydroxylation is 1. The predicted molar refractivity (Wildman–Crippen MR) is 118 cm³/mol. The van der Waals surface area contributed by atoms with Crippen LogP contribution in [-0.2, 0) is 6.42 Å². The molecule has 146 valence electrons. The lowest BCUT2D eigenvalue weighted by molar-refractivity contribution is 0.626. The van der Waals surface area contributed by atoms with E-state index in [1.807, 2.05) is 18.5 Å². The molecule has 1 unspecified atom stereocenters. The van der Waals surface area contributed by atoms with Gasteiger partial charge in [-0.1, -0.05) is 49.7 Å². The minimum absolute atomic E-state index is 0.0788. The van der Waals surface area contributed by atoms with Gasteiger partial charge in [-0.15, -0.1) is 0 Å². The summed E-state index contributed by atoms with van der Waals surface area (Å²) in [4.78, 5) is 15.2. The Morgan fingerprint density at radius 2 is 1.79 bits per heavy atom. The average molecular weight is 383 g/mol. The van der Waals surface area contributed by atoms with Gasteiger partial charge in [-0.25, -0.2) is 9.97 Å². The van der Waals surface area contributed by atoms with Crippen molar-refractivity contribution in [3.8, 4) is 0 Å². The van der Waals surface area contributed by atoms with Crippen LogP contribution in [0.4, 0.5) is 5.95 Å². The van der Waals surface area contributed by atoms with Crippen LogP contribution in [0.2, 0.25) is 0 Å². The van der Waals surface area contributed by atoms with E-state index < -0.39 is 0 Å². The number of hydrogen-bond acceptors (Lipinski definition) is 3. The molecule has 0 saturated heterocycles. The van der Waals surface area contributed by atoms with E-state index >= 15 is 0 Å². The van der Waals surface area contributed by atoms with Gasteiger partial charge in [-0.05, 0) is 54.2 Å². The second-order valence-electron chi connectivity index (χ2n) is 8.28. The molecule has 1 aliphatic heterocycles. The van der Waals surface area contributed by atoms with Gasteiger partial charge in [0.05, 0.1) is 6.04 Å². The summed E-state index contributed by atoms with van der Waals surface area (Å²) in [6.07, 6.45) is 4.63. The zero-order valence-corrected chi connectivity index (χ0v) is 17.2. The lowest BCUT2D eigenvalue weighted by Crippen LogP contribution is -2.37. The molecule has 0 saturated carbocycles. The Morgan fingerprint density at radius 3 is 2.52 bits per heavy atom. The highest BCUT2D eigenvalue weighted by Gasteiger charge is 2.33. The standard InChI is InChI=1S/C25H26N4/c1-16(2)18-6-8-19(9-7-18)24-23-20(21-15-17(3)5-10-22(21)28-23)11-14-29(24)25-26-12-4-13-27-25/h4-10,12-13,15-16,24,28H,11,14H2,1-3H3. The van der Waals surface area contributed by atoms with Crippen LogP contribution in [0, 0.1) is 6.92 Å². The highest BCUT2D eigenvalue weighted by atomic mass is 15.3. The first-order valence-electron chi connectivity index (χ1n) is 10.4. The molecule has 1 N–H and O–H groups in total. The van der Waals surface area contributed by atoms with E-state index in [9.17, 15) is 0 Å². The fourth-order valence-electron chi connectivity index (χ4n) is 4.47. The second kappa shape index (κ2) is 7.03. The molecule has 1 atom stereocenters. The van der Waals surface area contributed by atoms with Gasteiger partial charge in [-0.2, -0.15) is 0 Å². The molecule has 2 aromatic carbocycles. The predicted octanol–water partition coefficient (Wildman–Crippen LogP) is 5.54. The Morgan fingerprint density at radius 1 is 1.03 bits per heavy atom. The van der Waals surface area contributed by atoms with Crippen LogP contribution in [0.5, 0.6) is 0 Å². The van der Waals surface area contributed by atoms with Gasteiger partial charge in [0, 0.05) is 35.5 Å². The summed E-state index contributed by atoms with van der Waals surface area (Å²) in [5.74, 6) is 1.31. The van der Waals surface area contributed by atoms with Gasteiger partial charge in [0.1, 0.15) is 0 Å². The van der Waals surface area contributed by atoms with Crippen LogP contribution in [0.25, 0.3) is 10.9 Å². The molecule has 4 heteroatoms. The number of hydrogen-bond donors (Lipinski definition) is 1. The summed E-state index contributed by atoms with van der Waals surface area (Å²) < 4.78 is 0. The summed E-state index contributed by atoms with van der Waals surface area (Å²) in [6.45, 7) is 7.53. The molecule has 0 aliphatic carbocycles. The maximum Gasteiger partial charge on any atom is 0.226 e. The molecule has 5 rings (SSSR count). The lowest BCUT2D eigenvalue weighted by Gasteiger charge is -2.36. The fourth-order valence-corrected chi connectivity index (χ4v) is 4.47. The van der Waals surface area contributed by atoms with Gasteiger partial charge in [0.15, 0.2) is 0 Å². The zero-order chi connectivity index (χ0) is 20.0. The summed E-state index contributed by atoms with van der Waals surface area (Å²) in [6, 6.07) is 17.7. The maximum atomic E-state index is 4.57. The quantitative estimate of drug-likeness (QED) is 0.506. The topological polar surface area (TPSA) is 44.8 Å². The second-order valence-corrected chi connectivity index (χ2v) is 8.28. The largest absolute Gasteiger partial charge is 0.356 e. The van der Waals surface area contributed by atoms with Crippen molar-refractivity contribution in [2.75, 3.05) is 11.4 Å². The molecular formula is C25H26N4. The third kappa shape index (κ3) is 3.09. The molecule has 1 aliphatic rings. The number of benzene rings is 2. The first-order chi connectivity index (χ1) is 14.1. The molecule has 2 aromatic heterocycles. The number of anilines is 1. The Balaban J connectivity index is 1.68. The van der Waals surface area contributed by atoms with Crippen molar-refractivity contribution >= 4 is 16.9 Å². The Labute approximate surface area is 171 Å². The van der Waals surface area contributed by atoms with E-state index in [0.717, 1.165) is 18.9 Å². The lowest BCUT2D eigenvalue weighted by atomic mass is 9.91. The third-order valence-electron chi connectivity index (χ3n) is 6.01. The summed E-state index contributed by atoms with van der Waals surface area (Å²) in [5.41, 5.74) is 7.83. The first-order valence-corrected chi connectivity index (χ1v) is 10.4. The molecule has 29 heavy (non-hydrogen) atoms. The number of rotatable bonds is 3. The summed E-state index contributed by atoms with van der Waals surface area (Å²) in [7, 11) is 0. The molecule has 0 spiro atoms. The van der Waals surface area contributed by atoms with Crippen molar-refractivity contribution in [3.05, 3.63) is 88.9 Å². The smallest absolute Gasteiger partial charge is 0.226 e. The van der Waals surface area contributed by atoms with E-state index in [1.165, 1.54) is 38.9 Å². The van der Waals surface area contributed by atoms with Crippen molar-refractivity contribution in [1.82, 2.24) is 15.0 Å². The fraction of sp³-hybridized carbons (Fsp3) is 0.280. The van der Waals surface area contributed by atoms with E-state index in [-0.39, 0.29) is 6.04 Å².